The van der Waals surface area contributed by atoms with Crippen molar-refractivity contribution in [2.75, 3.05) is 7.11 Å². The van der Waals surface area contributed by atoms with Gasteiger partial charge in [-0.2, -0.15) is 0 Å². The summed E-state index contributed by atoms with van der Waals surface area (Å²) in [5.74, 6) is -0.0610. The molecule has 0 aliphatic rings. The summed E-state index contributed by atoms with van der Waals surface area (Å²) in [5.41, 5.74) is 6.61. The van der Waals surface area contributed by atoms with Crippen molar-refractivity contribution in [1.82, 2.24) is 0 Å². The number of ether oxygens (including phenoxy) is 1. The zero-order valence-electron chi connectivity index (χ0n) is 7.88. The van der Waals surface area contributed by atoms with Crippen LogP contribution >= 0.6 is 0 Å². The van der Waals surface area contributed by atoms with Crippen LogP contribution in [0.1, 0.15) is 12.5 Å². The standard InChI is InChI=1S/C10H14FNO/c1-7(12)5-8-3-4-9(11)10(6-8)13-2/h3-4,6-7H,5,12H2,1-2H3/t7-/m0/s1. The minimum Gasteiger partial charge on any atom is -0.494 e. The lowest BCUT2D eigenvalue weighted by atomic mass is 10.1. The summed E-state index contributed by atoms with van der Waals surface area (Å²) in [6.07, 6.45) is 0.733. The molecular weight excluding hydrogens is 169 g/mol. The van der Waals surface area contributed by atoms with Gasteiger partial charge < -0.3 is 10.5 Å². The van der Waals surface area contributed by atoms with E-state index in [-0.39, 0.29) is 17.6 Å². The monoisotopic (exact) mass is 183 g/mol. The fraction of sp³-hybridized carbons (Fsp3) is 0.400. The second-order valence-electron chi connectivity index (χ2n) is 3.15. The third-order valence-corrected chi connectivity index (χ3v) is 1.77. The van der Waals surface area contributed by atoms with Gasteiger partial charge in [-0.1, -0.05) is 6.07 Å². The largest absolute Gasteiger partial charge is 0.494 e. The molecule has 2 nitrogen and oxygen atoms in total. The zero-order chi connectivity index (χ0) is 9.84. The predicted octanol–water partition coefficient (Wildman–Crippen LogP) is 1.72. The van der Waals surface area contributed by atoms with Crippen molar-refractivity contribution in [3.8, 4) is 5.75 Å². The van der Waals surface area contributed by atoms with E-state index in [4.69, 9.17) is 10.5 Å². The first-order chi connectivity index (χ1) is 6.13. The van der Waals surface area contributed by atoms with E-state index in [0.717, 1.165) is 12.0 Å². The van der Waals surface area contributed by atoms with Gasteiger partial charge in [0, 0.05) is 6.04 Å². The number of nitrogens with two attached hydrogens (primary N) is 1. The van der Waals surface area contributed by atoms with Crippen LogP contribution in [0, 0.1) is 5.82 Å². The van der Waals surface area contributed by atoms with Crippen molar-refractivity contribution in [2.45, 2.75) is 19.4 Å². The van der Waals surface area contributed by atoms with E-state index >= 15 is 0 Å². The highest BCUT2D eigenvalue weighted by molar-refractivity contribution is 5.30. The molecule has 0 amide bonds. The Kier molecular flexibility index (Phi) is 3.25. The van der Waals surface area contributed by atoms with Crippen molar-refractivity contribution in [1.29, 1.82) is 0 Å². The number of benzene rings is 1. The van der Waals surface area contributed by atoms with E-state index in [2.05, 4.69) is 0 Å². The Morgan fingerprint density at radius 3 is 2.77 bits per heavy atom. The van der Waals surface area contributed by atoms with Crippen molar-refractivity contribution >= 4 is 0 Å². The molecule has 1 rings (SSSR count). The molecule has 0 aliphatic heterocycles. The highest BCUT2D eigenvalue weighted by Crippen LogP contribution is 2.18. The number of methoxy groups -OCH3 is 1. The van der Waals surface area contributed by atoms with Gasteiger partial charge in [-0.15, -0.1) is 0 Å². The van der Waals surface area contributed by atoms with Gasteiger partial charge in [0.25, 0.3) is 0 Å². The van der Waals surface area contributed by atoms with E-state index in [1.807, 2.05) is 6.92 Å². The van der Waals surface area contributed by atoms with Crippen LogP contribution in [0.15, 0.2) is 18.2 Å². The van der Waals surface area contributed by atoms with Gasteiger partial charge in [-0.3, -0.25) is 0 Å². The molecule has 0 radical (unpaired) electrons. The Morgan fingerprint density at radius 1 is 1.54 bits per heavy atom. The summed E-state index contributed by atoms with van der Waals surface area (Å²) in [5, 5.41) is 0. The predicted molar refractivity (Wildman–Crippen MR) is 50.3 cm³/mol. The van der Waals surface area contributed by atoms with Crippen LogP contribution in [-0.4, -0.2) is 13.2 Å². The molecule has 13 heavy (non-hydrogen) atoms. The fourth-order valence-electron chi connectivity index (χ4n) is 1.20. The molecule has 0 bridgehead atoms. The maximum absolute atomic E-state index is 13.0. The molecule has 0 aromatic heterocycles. The summed E-state index contributed by atoms with van der Waals surface area (Å²) >= 11 is 0. The van der Waals surface area contributed by atoms with Gasteiger partial charge >= 0.3 is 0 Å². The van der Waals surface area contributed by atoms with Crippen LogP contribution in [0.2, 0.25) is 0 Å². The maximum atomic E-state index is 13.0. The first-order valence-corrected chi connectivity index (χ1v) is 4.21. The molecule has 0 fully saturated rings. The van der Waals surface area contributed by atoms with Crippen molar-refractivity contribution in [3.05, 3.63) is 29.6 Å². The third-order valence-electron chi connectivity index (χ3n) is 1.77. The normalized spacial score (nSPS) is 12.6. The maximum Gasteiger partial charge on any atom is 0.165 e. The molecule has 0 heterocycles. The molecule has 0 saturated carbocycles. The van der Waals surface area contributed by atoms with Crippen LogP contribution in [0.4, 0.5) is 4.39 Å². The van der Waals surface area contributed by atoms with Gasteiger partial charge in [0.15, 0.2) is 11.6 Å². The van der Waals surface area contributed by atoms with Gasteiger partial charge in [0.2, 0.25) is 0 Å². The Bertz CT molecular complexity index is 286. The van der Waals surface area contributed by atoms with Crippen molar-refractivity contribution in [2.24, 2.45) is 5.73 Å². The van der Waals surface area contributed by atoms with Gasteiger partial charge in [0.1, 0.15) is 0 Å². The van der Waals surface area contributed by atoms with Crippen LogP contribution in [0.3, 0.4) is 0 Å². The first kappa shape index (κ1) is 9.99. The lowest BCUT2D eigenvalue weighted by Gasteiger charge is -2.07. The van der Waals surface area contributed by atoms with Crippen molar-refractivity contribution in [3.63, 3.8) is 0 Å². The Balaban J connectivity index is 2.86. The minimum absolute atomic E-state index is 0.0789. The van der Waals surface area contributed by atoms with E-state index in [1.54, 1.807) is 12.1 Å². The Hall–Kier alpha value is -1.09. The first-order valence-electron chi connectivity index (χ1n) is 4.21. The molecule has 72 valence electrons. The second kappa shape index (κ2) is 4.23. The minimum atomic E-state index is -0.337. The molecule has 1 atom stereocenters. The SMILES string of the molecule is COc1cc(C[C@H](C)N)ccc1F. The van der Waals surface area contributed by atoms with Crippen LogP contribution in [0.5, 0.6) is 5.75 Å². The molecule has 1 aromatic rings. The average molecular weight is 183 g/mol. The molecular formula is C10H14FNO. The summed E-state index contributed by atoms with van der Waals surface area (Å²) < 4.78 is 17.8. The number of hydrogen-bond donors (Lipinski definition) is 1. The number of halogens is 1. The summed E-state index contributed by atoms with van der Waals surface area (Å²) in [7, 11) is 1.45. The zero-order valence-corrected chi connectivity index (χ0v) is 7.88. The second-order valence-corrected chi connectivity index (χ2v) is 3.15. The fourth-order valence-corrected chi connectivity index (χ4v) is 1.20. The molecule has 0 saturated heterocycles. The topological polar surface area (TPSA) is 35.2 Å². The van der Waals surface area contributed by atoms with E-state index in [0.29, 0.717) is 0 Å². The summed E-state index contributed by atoms with van der Waals surface area (Å²) in [6.45, 7) is 1.91. The lowest BCUT2D eigenvalue weighted by molar-refractivity contribution is 0.386. The Labute approximate surface area is 77.5 Å². The van der Waals surface area contributed by atoms with Gasteiger partial charge in [-0.05, 0) is 31.0 Å². The van der Waals surface area contributed by atoms with Crippen LogP contribution in [0.25, 0.3) is 0 Å². The molecule has 1 aromatic carbocycles. The van der Waals surface area contributed by atoms with Crippen molar-refractivity contribution < 1.29 is 9.13 Å². The molecule has 0 spiro atoms. The summed E-state index contributed by atoms with van der Waals surface area (Å²) in [4.78, 5) is 0. The van der Waals surface area contributed by atoms with E-state index < -0.39 is 0 Å². The quantitative estimate of drug-likeness (QED) is 0.774. The molecule has 2 N–H and O–H groups in total. The van der Waals surface area contributed by atoms with E-state index in [1.165, 1.54) is 13.2 Å². The Morgan fingerprint density at radius 2 is 2.23 bits per heavy atom. The highest BCUT2D eigenvalue weighted by Gasteiger charge is 2.04. The molecule has 3 heteroatoms. The van der Waals surface area contributed by atoms with Gasteiger partial charge in [0.05, 0.1) is 7.11 Å². The lowest BCUT2D eigenvalue weighted by Crippen LogP contribution is -2.17. The smallest absolute Gasteiger partial charge is 0.165 e. The van der Waals surface area contributed by atoms with Crippen LogP contribution < -0.4 is 10.5 Å². The highest BCUT2D eigenvalue weighted by atomic mass is 19.1. The van der Waals surface area contributed by atoms with Gasteiger partial charge in [-0.25, -0.2) is 4.39 Å². The summed E-state index contributed by atoms with van der Waals surface area (Å²) in [6, 6.07) is 4.88. The van der Waals surface area contributed by atoms with E-state index in [9.17, 15) is 4.39 Å². The number of hydrogen-bond acceptors (Lipinski definition) is 2. The molecule has 0 unspecified atom stereocenters. The van der Waals surface area contributed by atoms with Crippen LogP contribution in [-0.2, 0) is 6.42 Å². The number of rotatable bonds is 3. The third kappa shape index (κ3) is 2.70. The molecule has 0 aliphatic carbocycles. The average Bonchev–Trinajstić information content (AvgIpc) is 2.07.